The fourth-order valence-electron chi connectivity index (χ4n) is 1.43. The Balaban J connectivity index is 2.17. The van der Waals surface area contributed by atoms with Crippen molar-refractivity contribution in [3.8, 4) is 0 Å². The molecule has 0 saturated heterocycles. The number of unbranched alkanes of at least 4 members (excludes halogenated alkanes) is 1. The molecular weight excluding hydrogens is 270 g/mol. The number of carbonyl (C=O) groups is 1. The number of hydrogen-bond donors (Lipinski definition) is 1. The van der Waals surface area contributed by atoms with Crippen molar-refractivity contribution in [3.05, 3.63) is 5.01 Å². The summed E-state index contributed by atoms with van der Waals surface area (Å²) in [5, 5.41) is 8.98. The second-order valence-electron chi connectivity index (χ2n) is 4.30. The Labute approximate surface area is 116 Å². The van der Waals surface area contributed by atoms with Crippen LogP contribution in [0.25, 0.3) is 0 Å². The standard InChI is InChI=1S/C11H19N3O2S2/c1-8-13-14-10(18-8)17-7-5-4-6-11(2,12)9(15)16-3/h4-7,12H2,1-3H3. The van der Waals surface area contributed by atoms with Crippen LogP contribution in [0.3, 0.4) is 0 Å². The lowest BCUT2D eigenvalue weighted by molar-refractivity contribution is -0.146. The number of carbonyl (C=O) groups excluding carboxylic acids is 1. The SMILES string of the molecule is COC(=O)C(C)(N)CCCCSc1nnc(C)s1. The number of esters is 1. The van der Waals surface area contributed by atoms with E-state index in [4.69, 9.17) is 5.73 Å². The predicted octanol–water partition coefficient (Wildman–Crippen LogP) is 2.00. The average Bonchev–Trinajstić information content (AvgIpc) is 2.73. The van der Waals surface area contributed by atoms with Gasteiger partial charge in [0.1, 0.15) is 10.5 Å². The molecule has 1 rings (SSSR count). The van der Waals surface area contributed by atoms with Crippen molar-refractivity contribution in [2.24, 2.45) is 5.73 Å². The summed E-state index contributed by atoms with van der Waals surface area (Å²) in [6.45, 7) is 3.65. The van der Waals surface area contributed by atoms with Crippen LogP contribution in [0, 0.1) is 6.92 Å². The largest absolute Gasteiger partial charge is 0.468 e. The Morgan fingerprint density at radius 2 is 2.22 bits per heavy atom. The van der Waals surface area contributed by atoms with E-state index in [1.54, 1.807) is 30.0 Å². The van der Waals surface area contributed by atoms with Gasteiger partial charge in [-0.05, 0) is 26.7 Å². The van der Waals surface area contributed by atoms with Gasteiger partial charge >= 0.3 is 5.97 Å². The number of rotatable bonds is 7. The predicted molar refractivity (Wildman–Crippen MR) is 73.8 cm³/mol. The van der Waals surface area contributed by atoms with Gasteiger partial charge in [0, 0.05) is 5.75 Å². The van der Waals surface area contributed by atoms with E-state index in [1.165, 1.54) is 7.11 Å². The number of aromatic nitrogens is 2. The zero-order valence-electron chi connectivity index (χ0n) is 10.9. The summed E-state index contributed by atoms with van der Waals surface area (Å²) in [6, 6.07) is 0. The number of thioether (sulfide) groups is 1. The molecular formula is C11H19N3O2S2. The molecule has 0 fully saturated rings. The van der Waals surface area contributed by atoms with Crippen LogP contribution in [0.1, 0.15) is 31.2 Å². The van der Waals surface area contributed by atoms with Crippen molar-refractivity contribution < 1.29 is 9.53 Å². The van der Waals surface area contributed by atoms with Gasteiger partial charge in [-0.15, -0.1) is 10.2 Å². The number of aryl methyl sites for hydroxylation is 1. The summed E-state index contributed by atoms with van der Waals surface area (Å²) in [5.41, 5.74) is 4.99. The molecule has 0 aliphatic rings. The van der Waals surface area contributed by atoms with Gasteiger partial charge in [-0.1, -0.05) is 29.5 Å². The van der Waals surface area contributed by atoms with Gasteiger partial charge in [-0.2, -0.15) is 0 Å². The van der Waals surface area contributed by atoms with E-state index < -0.39 is 5.54 Å². The molecule has 1 atom stereocenters. The monoisotopic (exact) mass is 289 g/mol. The highest BCUT2D eigenvalue weighted by Crippen LogP contribution is 2.23. The lowest BCUT2D eigenvalue weighted by atomic mass is 9.97. The smallest absolute Gasteiger partial charge is 0.325 e. The molecule has 0 aliphatic carbocycles. The molecule has 18 heavy (non-hydrogen) atoms. The average molecular weight is 289 g/mol. The quantitative estimate of drug-likeness (QED) is 0.470. The molecule has 102 valence electrons. The molecule has 0 bridgehead atoms. The van der Waals surface area contributed by atoms with E-state index in [0.717, 1.165) is 27.9 Å². The van der Waals surface area contributed by atoms with E-state index in [0.29, 0.717) is 6.42 Å². The number of nitrogens with two attached hydrogens (primary N) is 1. The highest BCUT2D eigenvalue weighted by atomic mass is 32.2. The molecule has 0 amide bonds. The van der Waals surface area contributed by atoms with Crippen LogP contribution in [0.5, 0.6) is 0 Å². The van der Waals surface area contributed by atoms with Gasteiger partial charge in [-0.25, -0.2) is 0 Å². The molecule has 0 saturated carbocycles. The molecule has 1 aromatic heterocycles. The minimum atomic E-state index is -0.876. The maximum absolute atomic E-state index is 11.4. The van der Waals surface area contributed by atoms with Gasteiger partial charge < -0.3 is 10.5 Å². The number of ether oxygens (including phenoxy) is 1. The Morgan fingerprint density at radius 1 is 1.50 bits per heavy atom. The number of methoxy groups -OCH3 is 1. The minimum absolute atomic E-state index is 0.352. The van der Waals surface area contributed by atoms with Gasteiger partial charge in [0.15, 0.2) is 4.34 Å². The zero-order valence-corrected chi connectivity index (χ0v) is 12.6. The molecule has 0 aliphatic heterocycles. The van der Waals surface area contributed by atoms with E-state index in [9.17, 15) is 4.79 Å². The highest BCUT2D eigenvalue weighted by molar-refractivity contribution is 8.01. The second kappa shape index (κ2) is 7.06. The summed E-state index contributed by atoms with van der Waals surface area (Å²) in [5.74, 6) is 0.612. The summed E-state index contributed by atoms with van der Waals surface area (Å²) in [7, 11) is 1.36. The molecule has 5 nitrogen and oxygen atoms in total. The summed E-state index contributed by atoms with van der Waals surface area (Å²) < 4.78 is 5.65. The highest BCUT2D eigenvalue weighted by Gasteiger charge is 2.28. The third-order valence-corrected chi connectivity index (χ3v) is 4.53. The summed E-state index contributed by atoms with van der Waals surface area (Å²) in [6.07, 6.45) is 2.52. The van der Waals surface area contributed by atoms with Crippen molar-refractivity contribution in [2.45, 2.75) is 43.0 Å². The van der Waals surface area contributed by atoms with E-state index >= 15 is 0 Å². The lowest BCUT2D eigenvalue weighted by Gasteiger charge is -2.20. The molecule has 1 unspecified atom stereocenters. The Hall–Kier alpha value is -0.660. The molecule has 0 radical (unpaired) electrons. The van der Waals surface area contributed by atoms with Crippen molar-refractivity contribution in [2.75, 3.05) is 12.9 Å². The van der Waals surface area contributed by atoms with Gasteiger partial charge in [0.05, 0.1) is 7.11 Å². The first-order valence-electron chi connectivity index (χ1n) is 5.76. The minimum Gasteiger partial charge on any atom is -0.468 e. The third-order valence-electron chi connectivity index (χ3n) is 2.48. The van der Waals surface area contributed by atoms with E-state index in [-0.39, 0.29) is 5.97 Å². The molecule has 0 aromatic carbocycles. The topological polar surface area (TPSA) is 78.1 Å². The van der Waals surface area contributed by atoms with Crippen LogP contribution in [0.4, 0.5) is 0 Å². The number of nitrogens with zero attached hydrogens (tertiary/aromatic N) is 2. The number of hydrogen-bond acceptors (Lipinski definition) is 7. The van der Waals surface area contributed by atoms with Crippen LogP contribution in [0.15, 0.2) is 4.34 Å². The Bertz CT molecular complexity index is 393. The van der Waals surface area contributed by atoms with Crippen molar-refractivity contribution in [1.29, 1.82) is 0 Å². The van der Waals surface area contributed by atoms with Crippen LogP contribution in [-0.4, -0.2) is 34.6 Å². The van der Waals surface area contributed by atoms with Crippen molar-refractivity contribution in [1.82, 2.24) is 10.2 Å². The van der Waals surface area contributed by atoms with Crippen LogP contribution in [-0.2, 0) is 9.53 Å². The maximum atomic E-state index is 11.4. The maximum Gasteiger partial charge on any atom is 0.325 e. The van der Waals surface area contributed by atoms with Crippen LogP contribution >= 0.6 is 23.1 Å². The zero-order chi connectivity index (χ0) is 13.6. The normalized spacial score (nSPS) is 14.2. The van der Waals surface area contributed by atoms with E-state index in [2.05, 4.69) is 14.9 Å². The van der Waals surface area contributed by atoms with Crippen LogP contribution in [0.2, 0.25) is 0 Å². The first-order valence-corrected chi connectivity index (χ1v) is 7.56. The summed E-state index contributed by atoms with van der Waals surface area (Å²) in [4.78, 5) is 11.4. The molecule has 2 N–H and O–H groups in total. The van der Waals surface area contributed by atoms with Crippen LogP contribution < -0.4 is 5.73 Å². The van der Waals surface area contributed by atoms with Gasteiger partial charge in [0.25, 0.3) is 0 Å². The molecule has 1 aromatic rings. The van der Waals surface area contributed by atoms with E-state index in [1.807, 2.05) is 6.92 Å². The molecule has 1 heterocycles. The first kappa shape index (κ1) is 15.4. The Kier molecular flexibility index (Phi) is 6.04. The fourth-order valence-corrected chi connectivity index (χ4v) is 3.31. The Morgan fingerprint density at radius 3 is 2.78 bits per heavy atom. The molecule has 0 spiro atoms. The van der Waals surface area contributed by atoms with Gasteiger partial charge in [-0.3, -0.25) is 4.79 Å². The molecule has 7 heteroatoms. The second-order valence-corrected chi connectivity index (χ2v) is 6.83. The lowest BCUT2D eigenvalue weighted by Crippen LogP contribution is -2.45. The van der Waals surface area contributed by atoms with Crippen molar-refractivity contribution in [3.63, 3.8) is 0 Å². The van der Waals surface area contributed by atoms with Crippen molar-refractivity contribution >= 4 is 29.1 Å². The first-order chi connectivity index (χ1) is 8.45. The third kappa shape index (κ3) is 4.91. The summed E-state index contributed by atoms with van der Waals surface area (Å²) >= 11 is 3.30. The fraction of sp³-hybridized carbons (Fsp3) is 0.727. The van der Waals surface area contributed by atoms with Gasteiger partial charge in [0.2, 0.25) is 0 Å².